The maximum atomic E-state index is 13.6. The van der Waals surface area contributed by atoms with Crippen molar-refractivity contribution in [3.63, 3.8) is 0 Å². The number of thioether (sulfide) groups is 1. The lowest BCUT2D eigenvalue weighted by Crippen LogP contribution is -2.23. The van der Waals surface area contributed by atoms with E-state index in [-0.39, 0.29) is 5.82 Å². The Kier molecular flexibility index (Phi) is 4.10. The second-order valence-electron chi connectivity index (χ2n) is 4.76. The van der Waals surface area contributed by atoms with E-state index in [1.165, 1.54) is 11.1 Å². The molecular formula is C14H20FNS. The van der Waals surface area contributed by atoms with Gasteiger partial charge in [-0.05, 0) is 48.7 Å². The van der Waals surface area contributed by atoms with Crippen molar-refractivity contribution in [2.24, 2.45) is 0 Å². The molecule has 0 radical (unpaired) electrons. The highest BCUT2D eigenvalue weighted by molar-refractivity contribution is 7.99. The number of rotatable bonds is 2. The quantitative estimate of drug-likeness (QED) is 0.860. The van der Waals surface area contributed by atoms with Crippen LogP contribution in [0.1, 0.15) is 43.0 Å². The Morgan fingerprint density at radius 2 is 2.24 bits per heavy atom. The molecule has 2 unspecified atom stereocenters. The van der Waals surface area contributed by atoms with E-state index in [0.717, 1.165) is 24.3 Å². The van der Waals surface area contributed by atoms with Crippen LogP contribution in [0.2, 0.25) is 0 Å². The number of hydrogen-bond donors (Lipinski definition) is 1. The van der Waals surface area contributed by atoms with Crippen molar-refractivity contribution in [3.8, 4) is 0 Å². The fraction of sp³-hybridized carbons (Fsp3) is 0.571. The van der Waals surface area contributed by atoms with Gasteiger partial charge in [0.15, 0.2) is 0 Å². The molecule has 0 aromatic heterocycles. The van der Waals surface area contributed by atoms with Crippen LogP contribution < -0.4 is 5.32 Å². The Hall–Kier alpha value is -0.540. The SMILES string of the molecule is CCNC1CC(C)SCc2c(C)cc(F)cc21. The summed E-state index contributed by atoms with van der Waals surface area (Å²) in [5.41, 5.74) is 3.58. The van der Waals surface area contributed by atoms with E-state index >= 15 is 0 Å². The molecule has 17 heavy (non-hydrogen) atoms. The van der Waals surface area contributed by atoms with Crippen LogP contribution in [0, 0.1) is 12.7 Å². The Labute approximate surface area is 107 Å². The zero-order chi connectivity index (χ0) is 12.4. The summed E-state index contributed by atoms with van der Waals surface area (Å²) in [5.74, 6) is 0.897. The molecule has 1 aliphatic heterocycles. The molecular weight excluding hydrogens is 233 g/mol. The maximum absolute atomic E-state index is 13.6. The summed E-state index contributed by atoms with van der Waals surface area (Å²) in [6.45, 7) is 7.31. The molecule has 0 spiro atoms. The summed E-state index contributed by atoms with van der Waals surface area (Å²) < 4.78 is 13.6. The van der Waals surface area contributed by atoms with Gasteiger partial charge in [-0.15, -0.1) is 0 Å². The topological polar surface area (TPSA) is 12.0 Å². The number of benzene rings is 1. The second kappa shape index (κ2) is 5.40. The number of halogens is 1. The number of hydrogen-bond acceptors (Lipinski definition) is 2. The first-order chi connectivity index (χ1) is 8.11. The first-order valence-corrected chi connectivity index (χ1v) is 7.30. The van der Waals surface area contributed by atoms with E-state index in [9.17, 15) is 4.39 Å². The molecule has 0 saturated heterocycles. The summed E-state index contributed by atoms with van der Waals surface area (Å²) in [4.78, 5) is 0. The number of aryl methyl sites for hydroxylation is 1. The maximum Gasteiger partial charge on any atom is 0.123 e. The normalized spacial score (nSPS) is 24.2. The minimum absolute atomic E-state index is 0.108. The molecule has 0 amide bonds. The zero-order valence-corrected chi connectivity index (χ0v) is 11.5. The molecule has 1 heterocycles. The predicted molar refractivity (Wildman–Crippen MR) is 72.9 cm³/mol. The van der Waals surface area contributed by atoms with Gasteiger partial charge in [0.1, 0.15) is 5.82 Å². The summed E-state index contributed by atoms with van der Waals surface area (Å²) in [6.07, 6.45) is 1.08. The lowest BCUT2D eigenvalue weighted by Gasteiger charge is -2.20. The van der Waals surface area contributed by atoms with E-state index in [4.69, 9.17) is 0 Å². The van der Waals surface area contributed by atoms with Gasteiger partial charge in [-0.25, -0.2) is 4.39 Å². The zero-order valence-electron chi connectivity index (χ0n) is 10.7. The van der Waals surface area contributed by atoms with Crippen molar-refractivity contribution in [1.82, 2.24) is 5.32 Å². The molecule has 0 aliphatic carbocycles. The fourth-order valence-corrected chi connectivity index (χ4v) is 3.67. The summed E-state index contributed by atoms with van der Waals surface area (Å²) in [7, 11) is 0. The van der Waals surface area contributed by atoms with Gasteiger partial charge in [-0.3, -0.25) is 0 Å². The average Bonchev–Trinajstić information content (AvgIpc) is 2.40. The minimum atomic E-state index is -0.108. The van der Waals surface area contributed by atoms with Crippen molar-refractivity contribution >= 4 is 11.8 Å². The molecule has 0 fully saturated rings. The van der Waals surface area contributed by atoms with Crippen molar-refractivity contribution in [2.75, 3.05) is 6.54 Å². The standard InChI is InChI=1S/C14H20FNS/c1-4-16-14-6-10(3)17-8-13-9(2)5-11(15)7-12(13)14/h5,7,10,14,16H,4,6,8H2,1-3H3. The molecule has 1 N–H and O–H groups in total. The van der Waals surface area contributed by atoms with Crippen LogP contribution in [0.25, 0.3) is 0 Å². The van der Waals surface area contributed by atoms with Gasteiger partial charge in [-0.2, -0.15) is 11.8 Å². The Balaban J connectivity index is 2.43. The highest BCUT2D eigenvalue weighted by atomic mass is 32.2. The second-order valence-corrected chi connectivity index (χ2v) is 6.18. The largest absolute Gasteiger partial charge is 0.310 e. The van der Waals surface area contributed by atoms with Crippen LogP contribution in [-0.2, 0) is 5.75 Å². The van der Waals surface area contributed by atoms with Gasteiger partial charge in [0.25, 0.3) is 0 Å². The van der Waals surface area contributed by atoms with Crippen LogP contribution in [0.4, 0.5) is 4.39 Å². The van der Waals surface area contributed by atoms with E-state index in [1.807, 2.05) is 18.7 Å². The van der Waals surface area contributed by atoms with Gasteiger partial charge in [0, 0.05) is 17.0 Å². The third-order valence-electron chi connectivity index (χ3n) is 3.38. The third kappa shape index (κ3) is 2.83. The molecule has 0 saturated carbocycles. The van der Waals surface area contributed by atoms with Crippen molar-refractivity contribution in [1.29, 1.82) is 0 Å². The van der Waals surface area contributed by atoms with Gasteiger partial charge < -0.3 is 5.32 Å². The fourth-order valence-electron chi connectivity index (χ4n) is 2.50. The van der Waals surface area contributed by atoms with E-state index in [1.54, 1.807) is 12.1 Å². The van der Waals surface area contributed by atoms with Crippen LogP contribution in [-0.4, -0.2) is 11.8 Å². The summed E-state index contributed by atoms with van der Waals surface area (Å²) in [5, 5.41) is 4.10. The lowest BCUT2D eigenvalue weighted by molar-refractivity contribution is 0.510. The van der Waals surface area contributed by atoms with Crippen molar-refractivity contribution < 1.29 is 4.39 Å². The Morgan fingerprint density at radius 1 is 1.47 bits per heavy atom. The van der Waals surface area contributed by atoms with Gasteiger partial charge in [0.05, 0.1) is 0 Å². The first-order valence-electron chi connectivity index (χ1n) is 6.25. The molecule has 2 atom stereocenters. The number of nitrogens with one attached hydrogen (secondary N) is 1. The third-order valence-corrected chi connectivity index (χ3v) is 4.59. The van der Waals surface area contributed by atoms with E-state index < -0.39 is 0 Å². The van der Waals surface area contributed by atoms with Crippen LogP contribution in [0.15, 0.2) is 12.1 Å². The molecule has 1 nitrogen and oxygen atoms in total. The molecule has 0 bridgehead atoms. The van der Waals surface area contributed by atoms with Crippen LogP contribution in [0.5, 0.6) is 0 Å². The van der Waals surface area contributed by atoms with E-state index in [0.29, 0.717) is 11.3 Å². The average molecular weight is 253 g/mol. The predicted octanol–water partition coefficient (Wildman–Crippen LogP) is 3.81. The first kappa shape index (κ1) is 12.9. The lowest BCUT2D eigenvalue weighted by atomic mass is 9.94. The van der Waals surface area contributed by atoms with Gasteiger partial charge >= 0.3 is 0 Å². The summed E-state index contributed by atoms with van der Waals surface area (Å²) >= 11 is 1.97. The van der Waals surface area contributed by atoms with Crippen LogP contribution in [0.3, 0.4) is 0 Å². The molecule has 3 heteroatoms. The minimum Gasteiger partial charge on any atom is -0.310 e. The molecule has 1 aromatic carbocycles. The molecule has 94 valence electrons. The van der Waals surface area contributed by atoms with E-state index in [2.05, 4.69) is 19.2 Å². The Morgan fingerprint density at radius 3 is 2.94 bits per heavy atom. The van der Waals surface area contributed by atoms with Crippen molar-refractivity contribution in [3.05, 3.63) is 34.6 Å². The van der Waals surface area contributed by atoms with Gasteiger partial charge in [0.2, 0.25) is 0 Å². The van der Waals surface area contributed by atoms with Crippen molar-refractivity contribution in [2.45, 2.75) is 44.2 Å². The molecule has 1 aromatic rings. The monoisotopic (exact) mass is 253 g/mol. The smallest absolute Gasteiger partial charge is 0.123 e. The number of fused-ring (bicyclic) bond motifs is 1. The highest BCUT2D eigenvalue weighted by Crippen LogP contribution is 2.36. The highest BCUT2D eigenvalue weighted by Gasteiger charge is 2.23. The molecule has 1 aliphatic rings. The molecule has 2 rings (SSSR count). The van der Waals surface area contributed by atoms with Gasteiger partial charge in [-0.1, -0.05) is 13.8 Å². The summed E-state index contributed by atoms with van der Waals surface area (Å²) in [6, 6.07) is 3.67. The van der Waals surface area contributed by atoms with Crippen LogP contribution >= 0.6 is 11.8 Å². The Bertz CT molecular complexity index is 405.